The number of hydrogen-bond acceptors (Lipinski definition) is 6. The lowest BCUT2D eigenvalue weighted by Gasteiger charge is -2.42. The Morgan fingerprint density at radius 3 is 2.38 bits per heavy atom. The molecule has 0 aromatic heterocycles. The summed E-state index contributed by atoms with van der Waals surface area (Å²) in [5, 5.41) is 2.91. The molecule has 0 unspecified atom stereocenters. The molecule has 2 amide bonds. The van der Waals surface area contributed by atoms with Crippen LogP contribution in [0.2, 0.25) is 0 Å². The summed E-state index contributed by atoms with van der Waals surface area (Å²) in [5.41, 5.74) is -0.262. The van der Waals surface area contributed by atoms with E-state index in [-0.39, 0.29) is 18.4 Å². The summed E-state index contributed by atoms with van der Waals surface area (Å²) >= 11 is 0. The largest absolute Gasteiger partial charge is 0.457 e. The molecule has 170 valence electrons. The molecule has 0 spiro atoms. The number of benzene rings is 2. The van der Waals surface area contributed by atoms with E-state index in [0.717, 1.165) is 5.75 Å². The third-order valence-corrected chi connectivity index (χ3v) is 5.59. The summed E-state index contributed by atoms with van der Waals surface area (Å²) in [4.78, 5) is 29.3. The highest BCUT2D eigenvalue weighted by atomic mass is 16.5. The van der Waals surface area contributed by atoms with Gasteiger partial charge in [0.05, 0.1) is 26.4 Å². The highest BCUT2D eigenvalue weighted by molar-refractivity contribution is 5.92. The molecule has 1 atom stereocenters. The number of morpholine rings is 2. The maximum atomic E-state index is 13.0. The molecule has 2 aromatic rings. The zero-order valence-electron chi connectivity index (χ0n) is 18.3. The van der Waals surface area contributed by atoms with Gasteiger partial charge in [-0.1, -0.05) is 18.2 Å². The van der Waals surface area contributed by atoms with Crippen LogP contribution in [0.25, 0.3) is 0 Å². The van der Waals surface area contributed by atoms with Crippen molar-refractivity contribution < 1.29 is 23.8 Å². The van der Waals surface area contributed by atoms with Crippen molar-refractivity contribution in [2.45, 2.75) is 12.5 Å². The molecule has 8 heteroatoms. The van der Waals surface area contributed by atoms with Crippen molar-refractivity contribution in [2.75, 3.05) is 57.9 Å². The standard InChI is InChI=1S/C24H29N3O5/c1-24(23(29)27-12-14-30-15-13-27)18-26(11-16-31-24)17-22(28)25-19-7-9-21(10-8-19)32-20-5-3-2-4-6-20/h2-10H,11-18H2,1H3,(H,25,28)/t24-/m1/s1. The number of carbonyl (C=O) groups excluding carboxylic acids is 2. The first-order valence-corrected chi connectivity index (χ1v) is 10.9. The van der Waals surface area contributed by atoms with Crippen LogP contribution in [0.5, 0.6) is 11.5 Å². The van der Waals surface area contributed by atoms with Crippen LogP contribution in [0.1, 0.15) is 6.92 Å². The number of amides is 2. The Morgan fingerprint density at radius 2 is 1.66 bits per heavy atom. The molecule has 2 heterocycles. The van der Waals surface area contributed by atoms with Gasteiger partial charge in [0.2, 0.25) is 5.91 Å². The van der Waals surface area contributed by atoms with Crippen molar-refractivity contribution in [1.29, 1.82) is 0 Å². The summed E-state index contributed by atoms with van der Waals surface area (Å²) in [7, 11) is 0. The van der Waals surface area contributed by atoms with Crippen LogP contribution in [-0.2, 0) is 19.1 Å². The Bertz CT molecular complexity index is 915. The van der Waals surface area contributed by atoms with Crippen LogP contribution >= 0.6 is 0 Å². The van der Waals surface area contributed by atoms with E-state index >= 15 is 0 Å². The molecular formula is C24H29N3O5. The van der Waals surface area contributed by atoms with Gasteiger partial charge in [-0.25, -0.2) is 0 Å². The predicted molar refractivity (Wildman–Crippen MR) is 120 cm³/mol. The second-order valence-corrected chi connectivity index (χ2v) is 8.18. The summed E-state index contributed by atoms with van der Waals surface area (Å²) in [6.45, 7) is 5.61. The molecule has 0 saturated carbocycles. The second kappa shape index (κ2) is 10.1. The average Bonchev–Trinajstić information content (AvgIpc) is 2.81. The molecule has 0 aliphatic carbocycles. The number of anilines is 1. The van der Waals surface area contributed by atoms with Crippen molar-refractivity contribution in [2.24, 2.45) is 0 Å². The van der Waals surface area contributed by atoms with E-state index in [4.69, 9.17) is 14.2 Å². The van der Waals surface area contributed by atoms with E-state index in [1.807, 2.05) is 59.5 Å². The number of hydrogen-bond donors (Lipinski definition) is 1. The fourth-order valence-corrected chi connectivity index (χ4v) is 3.95. The normalized spacial score (nSPS) is 21.7. The highest BCUT2D eigenvalue weighted by Gasteiger charge is 2.42. The Kier molecular flexibility index (Phi) is 7.04. The molecule has 0 radical (unpaired) electrons. The van der Waals surface area contributed by atoms with Crippen molar-refractivity contribution >= 4 is 17.5 Å². The summed E-state index contributed by atoms with van der Waals surface area (Å²) in [6.07, 6.45) is 0. The number of ether oxygens (including phenoxy) is 3. The van der Waals surface area contributed by atoms with Gasteiger partial charge in [0.25, 0.3) is 5.91 Å². The SMILES string of the molecule is C[C@]1(C(=O)N2CCOCC2)CN(CC(=O)Nc2ccc(Oc3ccccc3)cc2)CCO1. The molecule has 2 saturated heterocycles. The van der Waals surface area contributed by atoms with Gasteiger partial charge >= 0.3 is 0 Å². The Labute approximate surface area is 188 Å². The van der Waals surface area contributed by atoms with Crippen molar-refractivity contribution in [3.8, 4) is 11.5 Å². The van der Waals surface area contributed by atoms with E-state index in [9.17, 15) is 9.59 Å². The quantitative estimate of drug-likeness (QED) is 0.745. The van der Waals surface area contributed by atoms with Crippen LogP contribution in [0.4, 0.5) is 5.69 Å². The molecule has 1 N–H and O–H groups in total. The Morgan fingerprint density at radius 1 is 0.969 bits per heavy atom. The summed E-state index contributed by atoms with van der Waals surface area (Å²) in [5.74, 6) is 1.27. The average molecular weight is 440 g/mol. The predicted octanol–water partition coefficient (Wildman–Crippen LogP) is 2.37. The van der Waals surface area contributed by atoms with Crippen LogP contribution in [0, 0.1) is 0 Å². The minimum Gasteiger partial charge on any atom is -0.457 e. The first kappa shape index (κ1) is 22.3. The van der Waals surface area contributed by atoms with E-state index in [1.165, 1.54) is 0 Å². The molecule has 32 heavy (non-hydrogen) atoms. The monoisotopic (exact) mass is 439 g/mol. The Balaban J connectivity index is 1.29. The maximum absolute atomic E-state index is 13.0. The lowest BCUT2D eigenvalue weighted by molar-refractivity contribution is -0.171. The number of nitrogens with zero attached hydrogens (tertiary/aromatic N) is 2. The molecule has 0 bridgehead atoms. The molecule has 8 nitrogen and oxygen atoms in total. The zero-order chi connectivity index (χ0) is 22.4. The molecule has 2 aliphatic rings. The van der Waals surface area contributed by atoms with Crippen LogP contribution in [0.15, 0.2) is 54.6 Å². The number of rotatable bonds is 6. The van der Waals surface area contributed by atoms with Crippen LogP contribution < -0.4 is 10.1 Å². The minimum atomic E-state index is -0.952. The Hall–Kier alpha value is -2.94. The second-order valence-electron chi connectivity index (χ2n) is 8.18. The summed E-state index contributed by atoms with van der Waals surface area (Å²) < 4.78 is 17.0. The van der Waals surface area contributed by atoms with Gasteiger partial charge in [-0.05, 0) is 43.3 Å². The van der Waals surface area contributed by atoms with Gasteiger partial charge in [-0.2, -0.15) is 0 Å². The van der Waals surface area contributed by atoms with Gasteiger partial charge in [0, 0.05) is 31.9 Å². The van der Waals surface area contributed by atoms with E-state index in [1.54, 1.807) is 11.8 Å². The lowest BCUT2D eigenvalue weighted by atomic mass is 10.0. The van der Waals surface area contributed by atoms with E-state index in [2.05, 4.69) is 5.32 Å². The number of nitrogens with one attached hydrogen (secondary N) is 1. The number of para-hydroxylation sites is 1. The van der Waals surface area contributed by atoms with Gasteiger partial charge in [0.15, 0.2) is 5.60 Å². The van der Waals surface area contributed by atoms with Crippen molar-refractivity contribution in [3.05, 3.63) is 54.6 Å². The smallest absolute Gasteiger partial charge is 0.256 e. The lowest BCUT2D eigenvalue weighted by Crippen LogP contribution is -2.61. The molecular weight excluding hydrogens is 410 g/mol. The molecule has 2 fully saturated rings. The van der Waals surface area contributed by atoms with Crippen molar-refractivity contribution in [3.63, 3.8) is 0 Å². The zero-order valence-corrected chi connectivity index (χ0v) is 18.3. The molecule has 2 aromatic carbocycles. The van der Waals surface area contributed by atoms with Crippen LogP contribution in [0.3, 0.4) is 0 Å². The fourth-order valence-electron chi connectivity index (χ4n) is 3.95. The van der Waals surface area contributed by atoms with Crippen molar-refractivity contribution in [1.82, 2.24) is 9.80 Å². The maximum Gasteiger partial charge on any atom is 0.256 e. The van der Waals surface area contributed by atoms with Gasteiger partial charge in [-0.3, -0.25) is 14.5 Å². The van der Waals surface area contributed by atoms with Gasteiger partial charge in [-0.15, -0.1) is 0 Å². The first-order chi connectivity index (χ1) is 15.5. The van der Waals surface area contributed by atoms with Gasteiger partial charge < -0.3 is 24.4 Å². The van der Waals surface area contributed by atoms with E-state index < -0.39 is 5.60 Å². The molecule has 2 aliphatic heterocycles. The highest BCUT2D eigenvalue weighted by Crippen LogP contribution is 2.23. The first-order valence-electron chi connectivity index (χ1n) is 10.9. The third kappa shape index (κ3) is 5.64. The minimum absolute atomic E-state index is 0.0417. The fraction of sp³-hybridized carbons (Fsp3) is 0.417. The van der Waals surface area contributed by atoms with Crippen LogP contribution in [-0.4, -0.2) is 79.8 Å². The third-order valence-electron chi connectivity index (χ3n) is 5.59. The number of carbonyl (C=O) groups is 2. The van der Waals surface area contributed by atoms with Gasteiger partial charge in [0.1, 0.15) is 11.5 Å². The van der Waals surface area contributed by atoms with E-state index in [0.29, 0.717) is 57.4 Å². The summed E-state index contributed by atoms with van der Waals surface area (Å²) in [6, 6.07) is 16.8. The topological polar surface area (TPSA) is 80.3 Å². The molecule has 4 rings (SSSR count).